The minimum Gasteiger partial charge on any atom is -0.388 e. The fourth-order valence-electron chi connectivity index (χ4n) is 1.91. The lowest BCUT2D eigenvalue weighted by Crippen LogP contribution is -2.58. The van der Waals surface area contributed by atoms with Crippen LogP contribution in [0.4, 0.5) is 5.69 Å². The molecular formula is C11H13NO7. The summed E-state index contributed by atoms with van der Waals surface area (Å²) in [7, 11) is 0. The van der Waals surface area contributed by atoms with Crippen LogP contribution in [-0.2, 0) is 10.5 Å². The molecule has 19 heavy (non-hydrogen) atoms. The van der Waals surface area contributed by atoms with Crippen LogP contribution < -0.4 is 0 Å². The number of ether oxygens (including phenoxy) is 1. The molecule has 104 valence electrons. The zero-order valence-corrected chi connectivity index (χ0v) is 9.71. The number of hydrogen-bond acceptors (Lipinski definition) is 7. The second-order valence-electron chi connectivity index (χ2n) is 4.31. The number of aliphatic hydroxyl groups is 4. The quantitative estimate of drug-likeness (QED) is 0.394. The standard InChI is InChI=1S/C11H13NO7/c13-8-5-19-11(16,10(15)9(8)14)6-1-3-7(4-2-6)12(17)18/h1-4,8-10,13-16H,5H2/t8-,9+,10-,11-/m1/s1. The van der Waals surface area contributed by atoms with Gasteiger partial charge in [-0.05, 0) is 12.1 Å². The maximum atomic E-state index is 10.5. The van der Waals surface area contributed by atoms with E-state index in [1.165, 1.54) is 12.1 Å². The Balaban J connectivity index is 2.31. The predicted molar refractivity (Wildman–Crippen MR) is 61.0 cm³/mol. The third-order valence-corrected chi connectivity index (χ3v) is 3.08. The minimum atomic E-state index is -2.21. The molecule has 8 heteroatoms. The molecule has 0 amide bonds. The smallest absolute Gasteiger partial charge is 0.269 e. The van der Waals surface area contributed by atoms with Crippen LogP contribution in [0.5, 0.6) is 0 Å². The Kier molecular flexibility index (Phi) is 3.52. The van der Waals surface area contributed by atoms with Gasteiger partial charge in [0.05, 0.1) is 11.5 Å². The molecule has 2 rings (SSSR count). The van der Waals surface area contributed by atoms with Gasteiger partial charge in [-0.3, -0.25) is 10.1 Å². The highest BCUT2D eigenvalue weighted by atomic mass is 16.6. The number of nitro groups is 1. The molecule has 0 aliphatic carbocycles. The molecule has 8 nitrogen and oxygen atoms in total. The fraction of sp³-hybridized carbons (Fsp3) is 0.455. The summed E-state index contributed by atoms with van der Waals surface area (Å²) in [5, 5.41) is 49.4. The molecule has 1 aromatic carbocycles. The molecule has 0 spiro atoms. The molecule has 1 aliphatic rings. The normalized spacial score (nSPS) is 35.1. The second kappa shape index (κ2) is 4.83. The Morgan fingerprint density at radius 2 is 1.84 bits per heavy atom. The number of aliphatic hydroxyl groups excluding tert-OH is 3. The van der Waals surface area contributed by atoms with Gasteiger partial charge in [0.1, 0.15) is 18.3 Å². The van der Waals surface area contributed by atoms with E-state index >= 15 is 0 Å². The summed E-state index contributed by atoms with van der Waals surface area (Å²) in [6.45, 7) is -0.369. The van der Waals surface area contributed by atoms with Crippen molar-refractivity contribution >= 4 is 5.69 Å². The van der Waals surface area contributed by atoms with E-state index in [2.05, 4.69) is 0 Å². The van der Waals surface area contributed by atoms with Crippen LogP contribution in [-0.4, -0.2) is 50.3 Å². The monoisotopic (exact) mass is 271 g/mol. The van der Waals surface area contributed by atoms with E-state index in [0.717, 1.165) is 12.1 Å². The van der Waals surface area contributed by atoms with Gasteiger partial charge in [0.2, 0.25) is 5.79 Å². The maximum absolute atomic E-state index is 10.5. The summed E-state index contributed by atoms with van der Waals surface area (Å²) in [5.74, 6) is -2.21. The Bertz CT molecular complexity index is 476. The van der Waals surface area contributed by atoms with E-state index in [4.69, 9.17) is 4.74 Å². The first-order chi connectivity index (χ1) is 8.86. The number of nitro benzene ring substituents is 1. The Labute approximate surface area is 107 Å². The molecular weight excluding hydrogens is 258 g/mol. The van der Waals surface area contributed by atoms with E-state index in [0.29, 0.717) is 0 Å². The van der Waals surface area contributed by atoms with Crippen LogP contribution in [0.25, 0.3) is 0 Å². The average Bonchev–Trinajstić information content (AvgIpc) is 2.41. The summed E-state index contributed by atoms with van der Waals surface area (Å²) in [5.41, 5.74) is -0.130. The summed E-state index contributed by atoms with van der Waals surface area (Å²) in [4.78, 5) is 9.91. The van der Waals surface area contributed by atoms with Crippen molar-refractivity contribution < 1.29 is 30.1 Å². The van der Waals surface area contributed by atoms with Crippen LogP contribution in [0, 0.1) is 10.1 Å². The van der Waals surface area contributed by atoms with E-state index in [1.54, 1.807) is 0 Å². The van der Waals surface area contributed by atoms with Gasteiger partial charge in [-0.2, -0.15) is 0 Å². The van der Waals surface area contributed by atoms with Crippen LogP contribution in [0.2, 0.25) is 0 Å². The highest BCUT2D eigenvalue weighted by Gasteiger charge is 2.49. The summed E-state index contributed by atoms with van der Waals surface area (Å²) < 4.78 is 4.97. The third kappa shape index (κ3) is 2.31. The SMILES string of the molecule is O=[N+]([O-])c1ccc([C@@]2(O)OC[C@@H](O)[C@H](O)[C@H]2O)cc1. The van der Waals surface area contributed by atoms with Crippen LogP contribution in [0.3, 0.4) is 0 Å². The van der Waals surface area contributed by atoms with Gasteiger partial charge in [-0.1, -0.05) is 0 Å². The summed E-state index contributed by atoms with van der Waals surface area (Å²) in [6.07, 6.45) is -4.65. The van der Waals surface area contributed by atoms with Crippen LogP contribution in [0.15, 0.2) is 24.3 Å². The number of hydrogen-bond donors (Lipinski definition) is 4. The third-order valence-electron chi connectivity index (χ3n) is 3.08. The molecule has 1 heterocycles. The van der Waals surface area contributed by atoms with Crippen molar-refractivity contribution in [2.45, 2.75) is 24.1 Å². The maximum Gasteiger partial charge on any atom is 0.269 e. The van der Waals surface area contributed by atoms with Gasteiger partial charge in [0.15, 0.2) is 0 Å². The topological polar surface area (TPSA) is 133 Å². The van der Waals surface area contributed by atoms with Gasteiger partial charge in [-0.15, -0.1) is 0 Å². The van der Waals surface area contributed by atoms with E-state index < -0.39 is 29.0 Å². The van der Waals surface area contributed by atoms with Gasteiger partial charge in [0, 0.05) is 17.7 Å². The van der Waals surface area contributed by atoms with Crippen LogP contribution >= 0.6 is 0 Å². The van der Waals surface area contributed by atoms with Crippen molar-refractivity contribution in [3.05, 3.63) is 39.9 Å². The largest absolute Gasteiger partial charge is 0.388 e. The summed E-state index contributed by atoms with van der Waals surface area (Å²) in [6, 6.07) is 4.71. The average molecular weight is 271 g/mol. The molecule has 0 aromatic heterocycles. The predicted octanol–water partition coefficient (Wildman–Crippen LogP) is -1.15. The van der Waals surface area contributed by atoms with Gasteiger partial charge in [-0.25, -0.2) is 0 Å². The molecule has 0 unspecified atom stereocenters. The highest BCUT2D eigenvalue weighted by molar-refractivity contribution is 5.35. The lowest BCUT2D eigenvalue weighted by Gasteiger charge is -2.41. The van der Waals surface area contributed by atoms with Crippen LogP contribution in [0.1, 0.15) is 5.56 Å². The molecule has 1 saturated heterocycles. The molecule has 0 radical (unpaired) electrons. The molecule has 1 fully saturated rings. The lowest BCUT2D eigenvalue weighted by molar-refractivity contribution is -0.385. The van der Waals surface area contributed by atoms with Crippen molar-refractivity contribution in [3.63, 3.8) is 0 Å². The zero-order chi connectivity index (χ0) is 14.2. The second-order valence-corrected chi connectivity index (χ2v) is 4.31. The van der Waals surface area contributed by atoms with E-state index in [1.807, 2.05) is 0 Å². The molecule has 1 aliphatic heterocycles. The van der Waals surface area contributed by atoms with Gasteiger partial charge >= 0.3 is 0 Å². The Morgan fingerprint density at radius 3 is 2.37 bits per heavy atom. The van der Waals surface area contributed by atoms with Crippen molar-refractivity contribution in [3.8, 4) is 0 Å². The first-order valence-electron chi connectivity index (χ1n) is 5.51. The number of non-ortho nitro benzene ring substituents is 1. The van der Waals surface area contributed by atoms with Crippen molar-refractivity contribution in [2.75, 3.05) is 6.61 Å². The first kappa shape index (κ1) is 13.8. The Morgan fingerprint density at radius 1 is 1.26 bits per heavy atom. The van der Waals surface area contributed by atoms with Gasteiger partial charge in [0.25, 0.3) is 5.69 Å². The molecule has 1 aromatic rings. The van der Waals surface area contributed by atoms with Crippen molar-refractivity contribution in [1.29, 1.82) is 0 Å². The number of benzene rings is 1. The van der Waals surface area contributed by atoms with Crippen molar-refractivity contribution in [2.24, 2.45) is 0 Å². The first-order valence-corrected chi connectivity index (χ1v) is 5.51. The highest BCUT2D eigenvalue weighted by Crippen LogP contribution is 2.34. The van der Waals surface area contributed by atoms with Gasteiger partial charge < -0.3 is 25.2 Å². The number of nitrogens with zero attached hydrogens (tertiary/aromatic N) is 1. The van der Waals surface area contributed by atoms with E-state index in [-0.39, 0.29) is 17.9 Å². The summed E-state index contributed by atoms with van der Waals surface area (Å²) >= 11 is 0. The fourth-order valence-corrected chi connectivity index (χ4v) is 1.91. The zero-order valence-electron chi connectivity index (χ0n) is 9.71. The lowest BCUT2D eigenvalue weighted by atomic mass is 9.91. The molecule has 4 N–H and O–H groups in total. The molecule has 0 bridgehead atoms. The van der Waals surface area contributed by atoms with E-state index in [9.17, 15) is 30.5 Å². The number of rotatable bonds is 2. The molecule has 4 atom stereocenters. The minimum absolute atomic E-state index is 0.0524. The Hall–Kier alpha value is -1.58. The molecule has 0 saturated carbocycles. The van der Waals surface area contributed by atoms with Crippen molar-refractivity contribution in [1.82, 2.24) is 0 Å².